The number of methoxy groups -OCH3 is 2. The molecule has 108 valence electrons. The molecular weight excluding hydrogens is 266 g/mol. The molecule has 0 fully saturated rings. The smallest absolute Gasteiger partial charge is 0.161 e. The molecule has 4 nitrogen and oxygen atoms in total. The van der Waals surface area contributed by atoms with E-state index in [1.807, 2.05) is 25.1 Å². The summed E-state index contributed by atoms with van der Waals surface area (Å²) in [6.07, 6.45) is 0. The lowest BCUT2D eigenvalue weighted by atomic mass is 10.1. The fourth-order valence-corrected chi connectivity index (χ4v) is 1.99. The van der Waals surface area contributed by atoms with Gasteiger partial charge in [-0.15, -0.1) is 0 Å². The molecule has 4 heteroatoms. The van der Waals surface area contributed by atoms with Crippen molar-refractivity contribution in [1.82, 2.24) is 0 Å². The van der Waals surface area contributed by atoms with E-state index in [-0.39, 0.29) is 0 Å². The van der Waals surface area contributed by atoms with Gasteiger partial charge in [0.1, 0.15) is 12.4 Å². The van der Waals surface area contributed by atoms with Crippen LogP contribution in [-0.2, 0) is 6.61 Å². The number of ether oxygens (including phenoxy) is 3. The molecule has 0 saturated heterocycles. The zero-order valence-electron chi connectivity index (χ0n) is 12.3. The van der Waals surface area contributed by atoms with Crippen molar-refractivity contribution in [3.63, 3.8) is 0 Å². The van der Waals surface area contributed by atoms with Gasteiger partial charge in [0.05, 0.1) is 25.9 Å². The number of nitrogens with zero attached hydrogens (tertiary/aromatic N) is 1. The normalized spacial score (nSPS) is 9.81. The van der Waals surface area contributed by atoms with Crippen LogP contribution in [0.3, 0.4) is 0 Å². The van der Waals surface area contributed by atoms with Crippen LogP contribution in [0.15, 0.2) is 36.4 Å². The van der Waals surface area contributed by atoms with Crippen LogP contribution in [0.1, 0.15) is 16.7 Å². The van der Waals surface area contributed by atoms with Crippen LogP contribution in [0.2, 0.25) is 0 Å². The van der Waals surface area contributed by atoms with Gasteiger partial charge in [-0.25, -0.2) is 0 Å². The van der Waals surface area contributed by atoms with Crippen molar-refractivity contribution in [3.8, 4) is 23.3 Å². The average molecular weight is 283 g/mol. The first-order chi connectivity index (χ1) is 10.2. The maximum Gasteiger partial charge on any atom is 0.161 e. The van der Waals surface area contributed by atoms with E-state index in [0.29, 0.717) is 29.4 Å². The number of hydrogen-bond donors (Lipinski definition) is 0. The maximum atomic E-state index is 8.88. The molecule has 0 N–H and O–H groups in total. The standard InChI is InChI=1S/C17H17NO3/c1-12-7-16(19-2)17(20-3)9-14(12)11-21-15-6-4-5-13(8-15)10-18/h4-9H,11H2,1-3H3. The van der Waals surface area contributed by atoms with E-state index in [4.69, 9.17) is 19.5 Å². The highest BCUT2D eigenvalue weighted by Gasteiger charge is 2.09. The summed E-state index contributed by atoms with van der Waals surface area (Å²) in [5.74, 6) is 2.04. The monoisotopic (exact) mass is 283 g/mol. The summed E-state index contributed by atoms with van der Waals surface area (Å²) >= 11 is 0. The molecular formula is C17H17NO3. The zero-order valence-corrected chi connectivity index (χ0v) is 12.3. The van der Waals surface area contributed by atoms with Crippen molar-refractivity contribution in [1.29, 1.82) is 5.26 Å². The summed E-state index contributed by atoms with van der Waals surface area (Å²) in [6, 6.07) is 13.0. The highest BCUT2D eigenvalue weighted by Crippen LogP contribution is 2.30. The second-order valence-electron chi connectivity index (χ2n) is 4.56. The van der Waals surface area contributed by atoms with Crippen LogP contribution >= 0.6 is 0 Å². The first-order valence-electron chi connectivity index (χ1n) is 6.52. The number of nitriles is 1. The zero-order chi connectivity index (χ0) is 15.2. The van der Waals surface area contributed by atoms with Crippen LogP contribution in [-0.4, -0.2) is 14.2 Å². The molecule has 0 radical (unpaired) electrons. The Balaban J connectivity index is 2.18. The van der Waals surface area contributed by atoms with Gasteiger partial charge in [-0.05, 0) is 48.4 Å². The third-order valence-electron chi connectivity index (χ3n) is 3.20. The molecule has 0 heterocycles. The summed E-state index contributed by atoms with van der Waals surface area (Å²) < 4.78 is 16.3. The van der Waals surface area contributed by atoms with Crippen LogP contribution in [0, 0.1) is 18.3 Å². The molecule has 0 bridgehead atoms. The summed E-state index contributed by atoms with van der Waals surface area (Å²) in [6.45, 7) is 2.40. The molecule has 0 saturated carbocycles. The molecule has 2 aromatic rings. The molecule has 0 aliphatic heterocycles. The summed E-state index contributed by atoms with van der Waals surface area (Å²) in [4.78, 5) is 0. The minimum Gasteiger partial charge on any atom is -0.493 e. The third kappa shape index (κ3) is 3.46. The van der Waals surface area contributed by atoms with Gasteiger partial charge < -0.3 is 14.2 Å². The maximum absolute atomic E-state index is 8.88. The largest absolute Gasteiger partial charge is 0.493 e. The molecule has 0 aliphatic rings. The Morgan fingerprint density at radius 2 is 1.76 bits per heavy atom. The molecule has 0 unspecified atom stereocenters. The van der Waals surface area contributed by atoms with Gasteiger partial charge in [0.15, 0.2) is 11.5 Å². The third-order valence-corrected chi connectivity index (χ3v) is 3.20. The van der Waals surface area contributed by atoms with E-state index in [1.54, 1.807) is 32.4 Å². The van der Waals surface area contributed by atoms with Gasteiger partial charge in [0.2, 0.25) is 0 Å². The fourth-order valence-electron chi connectivity index (χ4n) is 1.99. The lowest BCUT2D eigenvalue weighted by Gasteiger charge is -2.13. The van der Waals surface area contributed by atoms with Gasteiger partial charge in [-0.1, -0.05) is 6.07 Å². The summed E-state index contributed by atoms with van der Waals surface area (Å²) in [5.41, 5.74) is 2.65. The Labute approximate surface area is 124 Å². The second-order valence-corrected chi connectivity index (χ2v) is 4.56. The van der Waals surface area contributed by atoms with E-state index >= 15 is 0 Å². The highest BCUT2D eigenvalue weighted by atomic mass is 16.5. The van der Waals surface area contributed by atoms with Crippen molar-refractivity contribution in [2.45, 2.75) is 13.5 Å². The van der Waals surface area contributed by atoms with Crippen molar-refractivity contribution < 1.29 is 14.2 Å². The van der Waals surface area contributed by atoms with E-state index in [1.165, 1.54) is 0 Å². The van der Waals surface area contributed by atoms with Crippen LogP contribution in [0.5, 0.6) is 17.2 Å². The molecule has 2 rings (SSSR count). The molecule has 21 heavy (non-hydrogen) atoms. The molecule has 0 atom stereocenters. The van der Waals surface area contributed by atoms with Crippen LogP contribution in [0.4, 0.5) is 0 Å². The number of hydrogen-bond acceptors (Lipinski definition) is 4. The van der Waals surface area contributed by atoms with Gasteiger partial charge >= 0.3 is 0 Å². The number of aryl methyl sites for hydroxylation is 1. The Morgan fingerprint density at radius 1 is 1.05 bits per heavy atom. The average Bonchev–Trinajstić information content (AvgIpc) is 2.53. The Kier molecular flexibility index (Phi) is 4.68. The van der Waals surface area contributed by atoms with Crippen molar-refractivity contribution in [2.75, 3.05) is 14.2 Å². The SMILES string of the molecule is COc1cc(C)c(COc2cccc(C#N)c2)cc1OC. The predicted molar refractivity (Wildman–Crippen MR) is 79.8 cm³/mol. The lowest BCUT2D eigenvalue weighted by Crippen LogP contribution is -2.00. The van der Waals surface area contributed by atoms with Crippen molar-refractivity contribution in [3.05, 3.63) is 53.1 Å². The van der Waals surface area contributed by atoms with Gasteiger partial charge in [-0.3, -0.25) is 0 Å². The van der Waals surface area contributed by atoms with Crippen molar-refractivity contribution in [2.24, 2.45) is 0 Å². The lowest BCUT2D eigenvalue weighted by molar-refractivity contribution is 0.303. The van der Waals surface area contributed by atoms with E-state index in [0.717, 1.165) is 11.1 Å². The molecule has 0 aromatic heterocycles. The molecule has 0 amide bonds. The Hall–Kier alpha value is -2.67. The minimum atomic E-state index is 0.404. The molecule has 0 spiro atoms. The first kappa shape index (κ1) is 14.7. The van der Waals surface area contributed by atoms with Gasteiger partial charge in [0, 0.05) is 0 Å². The fraction of sp³-hybridized carbons (Fsp3) is 0.235. The Morgan fingerprint density at radius 3 is 2.43 bits per heavy atom. The van der Waals surface area contributed by atoms with Crippen LogP contribution in [0.25, 0.3) is 0 Å². The van der Waals surface area contributed by atoms with E-state index < -0.39 is 0 Å². The van der Waals surface area contributed by atoms with E-state index in [9.17, 15) is 0 Å². The quantitative estimate of drug-likeness (QED) is 0.843. The number of benzene rings is 2. The summed E-state index contributed by atoms with van der Waals surface area (Å²) in [5, 5.41) is 8.88. The molecule has 2 aromatic carbocycles. The first-order valence-corrected chi connectivity index (χ1v) is 6.52. The summed E-state index contributed by atoms with van der Waals surface area (Å²) in [7, 11) is 3.22. The highest BCUT2D eigenvalue weighted by molar-refractivity contribution is 5.47. The predicted octanol–water partition coefficient (Wildman–Crippen LogP) is 3.46. The second kappa shape index (κ2) is 6.67. The van der Waals surface area contributed by atoms with Gasteiger partial charge in [-0.2, -0.15) is 5.26 Å². The topological polar surface area (TPSA) is 51.5 Å². The number of rotatable bonds is 5. The van der Waals surface area contributed by atoms with E-state index in [2.05, 4.69) is 6.07 Å². The minimum absolute atomic E-state index is 0.404. The van der Waals surface area contributed by atoms with Gasteiger partial charge in [0.25, 0.3) is 0 Å². The van der Waals surface area contributed by atoms with Crippen LogP contribution < -0.4 is 14.2 Å². The molecule has 0 aliphatic carbocycles. The Bertz CT molecular complexity index is 674. The van der Waals surface area contributed by atoms with Crippen molar-refractivity contribution >= 4 is 0 Å².